The summed E-state index contributed by atoms with van der Waals surface area (Å²) in [5.41, 5.74) is 7.16. The minimum atomic E-state index is -0.374. The van der Waals surface area contributed by atoms with Gasteiger partial charge in [0.15, 0.2) is 0 Å². The third-order valence-electron chi connectivity index (χ3n) is 4.47. The van der Waals surface area contributed by atoms with E-state index in [9.17, 15) is 9.59 Å². The summed E-state index contributed by atoms with van der Waals surface area (Å²) in [6.07, 6.45) is 1.60. The van der Waals surface area contributed by atoms with Crippen LogP contribution in [0.3, 0.4) is 0 Å². The van der Waals surface area contributed by atoms with Crippen LogP contribution in [0.4, 0.5) is 0 Å². The van der Waals surface area contributed by atoms with E-state index >= 15 is 0 Å². The maximum atomic E-state index is 12.2. The van der Waals surface area contributed by atoms with Crippen LogP contribution in [0.15, 0.2) is 59.7 Å². The lowest BCUT2D eigenvalue weighted by Gasteiger charge is -2.10. The van der Waals surface area contributed by atoms with Crippen molar-refractivity contribution in [3.05, 3.63) is 87.7 Å². The van der Waals surface area contributed by atoms with Crippen molar-refractivity contribution >= 4 is 29.7 Å². The second-order valence-electron chi connectivity index (χ2n) is 6.41. The van der Waals surface area contributed by atoms with E-state index in [1.54, 1.807) is 42.6 Å². The smallest absolute Gasteiger partial charge is 0.337 e. The van der Waals surface area contributed by atoms with Crippen molar-refractivity contribution in [2.45, 2.75) is 13.8 Å². The van der Waals surface area contributed by atoms with Crippen LogP contribution in [0.5, 0.6) is 0 Å². The number of carbonyl (C=O) groups is 2. The summed E-state index contributed by atoms with van der Waals surface area (Å²) in [7, 11) is 1.35. The number of ether oxygens (including phenoxy) is 1. The molecule has 29 heavy (non-hydrogen) atoms. The molecule has 0 atom stereocenters. The lowest BCUT2D eigenvalue weighted by molar-refractivity contribution is 0.0600. The molecule has 2 aromatic carbocycles. The average molecular weight is 410 g/mol. The molecule has 6 nitrogen and oxygen atoms in total. The molecular formula is C22H20ClN3O3. The van der Waals surface area contributed by atoms with Gasteiger partial charge in [0.2, 0.25) is 0 Å². The number of esters is 1. The van der Waals surface area contributed by atoms with Gasteiger partial charge in [-0.3, -0.25) is 4.79 Å². The van der Waals surface area contributed by atoms with Gasteiger partial charge >= 0.3 is 5.97 Å². The van der Waals surface area contributed by atoms with Gasteiger partial charge in [-0.2, -0.15) is 5.10 Å². The fraction of sp³-hybridized carbons (Fsp3) is 0.136. The summed E-state index contributed by atoms with van der Waals surface area (Å²) < 4.78 is 6.77. The number of carbonyl (C=O) groups excluding carboxylic acids is 2. The molecule has 1 aromatic heterocycles. The topological polar surface area (TPSA) is 72.7 Å². The van der Waals surface area contributed by atoms with Crippen LogP contribution >= 0.6 is 11.6 Å². The molecule has 1 heterocycles. The highest BCUT2D eigenvalue weighted by Crippen LogP contribution is 2.20. The summed E-state index contributed by atoms with van der Waals surface area (Å²) in [6, 6.07) is 15.8. The van der Waals surface area contributed by atoms with Crippen molar-refractivity contribution in [2.24, 2.45) is 5.10 Å². The fourth-order valence-electron chi connectivity index (χ4n) is 3.03. The molecule has 1 N–H and O–H groups in total. The number of rotatable bonds is 5. The summed E-state index contributed by atoms with van der Waals surface area (Å²) in [5, 5.41) is 4.55. The maximum Gasteiger partial charge on any atom is 0.337 e. The minimum Gasteiger partial charge on any atom is -0.465 e. The summed E-state index contributed by atoms with van der Waals surface area (Å²) in [4.78, 5) is 23.8. The second kappa shape index (κ2) is 8.75. The van der Waals surface area contributed by atoms with E-state index in [4.69, 9.17) is 16.3 Å². The van der Waals surface area contributed by atoms with E-state index in [1.807, 2.05) is 36.6 Å². The van der Waals surface area contributed by atoms with Gasteiger partial charge in [0.25, 0.3) is 5.91 Å². The Balaban J connectivity index is 1.78. The van der Waals surface area contributed by atoms with Gasteiger partial charge in [0, 0.05) is 33.2 Å². The standard InChI is InChI=1S/C22H20ClN3O3/c1-14-11-18(13-24-25-21(27)17-5-4-6-19(23)12-17)15(2)26(14)20-9-7-16(8-10-20)22(28)29-3/h4-13H,1-3H3,(H,25,27)/b24-13-. The van der Waals surface area contributed by atoms with Crippen LogP contribution in [0.1, 0.15) is 37.7 Å². The number of benzene rings is 2. The Kier molecular flexibility index (Phi) is 6.14. The van der Waals surface area contributed by atoms with Crippen LogP contribution in [0, 0.1) is 13.8 Å². The maximum absolute atomic E-state index is 12.2. The third kappa shape index (κ3) is 4.55. The first-order chi connectivity index (χ1) is 13.9. The highest BCUT2D eigenvalue weighted by molar-refractivity contribution is 6.30. The predicted octanol–water partition coefficient (Wildman–Crippen LogP) is 4.30. The van der Waals surface area contributed by atoms with Crippen molar-refractivity contribution in [1.29, 1.82) is 0 Å². The number of nitrogens with one attached hydrogen (secondary N) is 1. The molecule has 0 bridgehead atoms. The van der Waals surface area contributed by atoms with Crippen molar-refractivity contribution in [3.63, 3.8) is 0 Å². The lowest BCUT2D eigenvalue weighted by Crippen LogP contribution is -2.17. The molecule has 7 heteroatoms. The Morgan fingerprint density at radius 3 is 2.45 bits per heavy atom. The molecule has 0 saturated carbocycles. The van der Waals surface area contributed by atoms with E-state index in [-0.39, 0.29) is 11.9 Å². The zero-order chi connectivity index (χ0) is 21.0. The van der Waals surface area contributed by atoms with Crippen molar-refractivity contribution in [3.8, 4) is 5.69 Å². The van der Waals surface area contributed by atoms with E-state index < -0.39 is 0 Å². The lowest BCUT2D eigenvalue weighted by atomic mass is 10.2. The minimum absolute atomic E-state index is 0.337. The Bertz CT molecular complexity index is 1090. The van der Waals surface area contributed by atoms with Crippen molar-refractivity contribution in [1.82, 2.24) is 9.99 Å². The number of nitrogens with zero attached hydrogens (tertiary/aromatic N) is 2. The quantitative estimate of drug-likeness (QED) is 0.388. The van der Waals surface area contributed by atoms with Crippen LogP contribution in [-0.2, 0) is 4.74 Å². The molecular weight excluding hydrogens is 390 g/mol. The third-order valence-corrected chi connectivity index (χ3v) is 4.71. The molecule has 3 rings (SSSR count). The van der Waals surface area contributed by atoms with E-state index in [1.165, 1.54) is 7.11 Å². The number of hydrogen-bond acceptors (Lipinski definition) is 4. The molecule has 0 fully saturated rings. The molecule has 0 aliphatic carbocycles. The zero-order valence-corrected chi connectivity index (χ0v) is 17.0. The Labute approximate surface area is 173 Å². The highest BCUT2D eigenvalue weighted by Gasteiger charge is 2.11. The van der Waals surface area contributed by atoms with E-state index in [0.29, 0.717) is 16.1 Å². The van der Waals surface area contributed by atoms with Gasteiger partial charge in [-0.25, -0.2) is 10.2 Å². The van der Waals surface area contributed by atoms with Gasteiger partial charge in [-0.05, 0) is 62.4 Å². The van der Waals surface area contributed by atoms with Gasteiger partial charge in [-0.15, -0.1) is 0 Å². The summed E-state index contributed by atoms with van der Waals surface area (Å²) >= 11 is 5.91. The Hall–Kier alpha value is -3.38. The van der Waals surface area contributed by atoms with Crippen LogP contribution in [-0.4, -0.2) is 29.8 Å². The SMILES string of the molecule is COC(=O)c1ccc(-n2c(C)cc(/C=N\NC(=O)c3cccc(Cl)c3)c2C)cc1. The predicted molar refractivity (Wildman–Crippen MR) is 113 cm³/mol. The number of hydrogen-bond donors (Lipinski definition) is 1. The molecule has 0 spiro atoms. The van der Waals surface area contributed by atoms with Gasteiger partial charge in [0.1, 0.15) is 0 Å². The Morgan fingerprint density at radius 1 is 1.07 bits per heavy atom. The summed E-state index contributed by atoms with van der Waals surface area (Å²) in [6.45, 7) is 3.93. The normalized spacial score (nSPS) is 10.9. The first kappa shape index (κ1) is 20.4. The van der Waals surface area contributed by atoms with Crippen LogP contribution in [0.2, 0.25) is 5.02 Å². The average Bonchev–Trinajstić information content (AvgIpc) is 3.00. The number of halogens is 1. The van der Waals surface area contributed by atoms with Gasteiger partial charge in [0.05, 0.1) is 18.9 Å². The number of hydrazone groups is 1. The largest absolute Gasteiger partial charge is 0.465 e. The highest BCUT2D eigenvalue weighted by atomic mass is 35.5. The number of aromatic nitrogens is 1. The fourth-order valence-corrected chi connectivity index (χ4v) is 3.23. The van der Waals surface area contributed by atoms with Crippen LogP contribution < -0.4 is 5.43 Å². The molecule has 0 saturated heterocycles. The summed E-state index contributed by atoms with van der Waals surface area (Å²) in [5.74, 6) is -0.711. The first-order valence-corrected chi connectivity index (χ1v) is 9.25. The van der Waals surface area contributed by atoms with Gasteiger partial charge < -0.3 is 9.30 Å². The molecule has 0 aliphatic rings. The number of aryl methyl sites for hydroxylation is 1. The zero-order valence-electron chi connectivity index (χ0n) is 16.3. The molecule has 0 aliphatic heterocycles. The van der Waals surface area contributed by atoms with Gasteiger partial charge in [-0.1, -0.05) is 17.7 Å². The molecule has 3 aromatic rings. The first-order valence-electron chi connectivity index (χ1n) is 8.87. The molecule has 0 radical (unpaired) electrons. The number of methoxy groups -OCH3 is 1. The van der Waals surface area contributed by atoms with E-state index in [0.717, 1.165) is 22.6 Å². The van der Waals surface area contributed by atoms with Crippen LogP contribution in [0.25, 0.3) is 5.69 Å². The molecule has 148 valence electrons. The van der Waals surface area contributed by atoms with Crippen molar-refractivity contribution in [2.75, 3.05) is 7.11 Å². The Morgan fingerprint density at radius 2 is 1.79 bits per heavy atom. The molecule has 1 amide bonds. The second-order valence-corrected chi connectivity index (χ2v) is 6.85. The monoisotopic (exact) mass is 409 g/mol. The molecule has 0 unspecified atom stereocenters. The van der Waals surface area contributed by atoms with E-state index in [2.05, 4.69) is 10.5 Å². The number of amides is 1. The van der Waals surface area contributed by atoms with Crippen molar-refractivity contribution < 1.29 is 14.3 Å².